The van der Waals surface area contributed by atoms with E-state index in [1.165, 1.54) is 38.5 Å². The standard InChI is InChI=1S/C14H24N2O/c15-13(11-5-6-11)7-14(17)16-8-12(9-1-2-9)10-3-4-10/h9-13H,1-8,15H2,(H,16,17). The van der Waals surface area contributed by atoms with E-state index < -0.39 is 0 Å². The molecule has 0 bridgehead atoms. The van der Waals surface area contributed by atoms with E-state index in [-0.39, 0.29) is 11.9 Å². The Morgan fingerprint density at radius 1 is 1.06 bits per heavy atom. The van der Waals surface area contributed by atoms with Crippen molar-refractivity contribution in [1.29, 1.82) is 0 Å². The van der Waals surface area contributed by atoms with Crippen molar-refractivity contribution in [2.75, 3.05) is 6.54 Å². The first kappa shape index (κ1) is 11.5. The molecule has 0 aliphatic heterocycles. The Labute approximate surface area is 104 Å². The molecule has 3 rings (SSSR count). The SMILES string of the molecule is NC(CC(=O)NCC(C1CC1)C1CC1)C1CC1. The molecule has 3 fully saturated rings. The van der Waals surface area contributed by atoms with Crippen molar-refractivity contribution in [3.63, 3.8) is 0 Å². The summed E-state index contributed by atoms with van der Waals surface area (Å²) in [6, 6.07) is 0.107. The highest BCUT2D eigenvalue weighted by Gasteiger charge is 2.41. The largest absolute Gasteiger partial charge is 0.356 e. The Bertz CT molecular complexity index is 281. The first-order valence-corrected chi connectivity index (χ1v) is 7.26. The van der Waals surface area contributed by atoms with Crippen molar-refractivity contribution in [1.82, 2.24) is 5.32 Å². The van der Waals surface area contributed by atoms with E-state index in [2.05, 4.69) is 5.32 Å². The quantitative estimate of drug-likeness (QED) is 0.706. The second-order valence-corrected chi connectivity index (χ2v) is 6.35. The lowest BCUT2D eigenvalue weighted by atomic mass is 9.98. The zero-order chi connectivity index (χ0) is 11.8. The van der Waals surface area contributed by atoms with Crippen molar-refractivity contribution in [3.8, 4) is 0 Å². The Morgan fingerprint density at radius 3 is 2.06 bits per heavy atom. The molecule has 0 spiro atoms. The molecule has 3 aliphatic rings. The minimum atomic E-state index is 0.107. The number of amides is 1. The van der Waals surface area contributed by atoms with Crippen LogP contribution in [0, 0.1) is 23.7 Å². The van der Waals surface area contributed by atoms with Crippen LogP contribution in [-0.4, -0.2) is 18.5 Å². The molecule has 3 saturated carbocycles. The molecule has 0 radical (unpaired) electrons. The van der Waals surface area contributed by atoms with Gasteiger partial charge in [-0.15, -0.1) is 0 Å². The summed E-state index contributed by atoms with van der Waals surface area (Å²) >= 11 is 0. The summed E-state index contributed by atoms with van der Waals surface area (Å²) < 4.78 is 0. The third-order valence-electron chi connectivity index (χ3n) is 4.64. The Hall–Kier alpha value is -0.570. The van der Waals surface area contributed by atoms with Crippen LogP contribution in [0.5, 0.6) is 0 Å². The maximum Gasteiger partial charge on any atom is 0.221 e. The van der Waals surface area contributed by atoms with E-state index in [9.17, 15) is 4.79 Å². The molecule has 1 amide bonds. The number of hydrogen-bond acceptors (Lipinski definition) is 2. The predicted molar refractivity (Wildman–Crippen MR) is 67.3 cm³/mol. The maximum absolute atomic E-state index is 11.8. The lowest BCUT2D eigenvalue weighted by molar-refractivity contribution is -0.121. The molecule has 0 aromatic rings. The number of nitrogens with one attached hydrogen (secondary N) is 1. The molecule has 1 unspecified atom stereocenters. The van der Waals surface area contributed by atoms with E-state index in [1.807, 2.05) is 0 Å². The topological polar surface area (TPSA) is 55.1 Å². The van der Waals surface area contributed by atoms with Crippen molar-refractivity contribution >= 4 is 5.91 Å². The Balaban J connectivity index is 1.38. The van der Waals surface area contributed by atoms with Gasteiger partial charge in [0.1, 0.15) is 0 Å². The predicted octanol–water partition coefficient (Wildman–Crippen LogP) is 1.67. The fourth-order valence-electron chi connectivity index (χ4n) is 2.98. The van der Waals surface area contributed by atoms with Gasteiger partial charge in [0.05, 0.1) is 0 Å². The van der Waals surface area contributed by atoms with Crippen LogP contribution in [0.3, 0.4) is 0 Å². The van der Waals surface area contributed by atoms with Gasteiger partial charge in [0.15, 0.2) is 0 Å². The van der Waals surface area contributed by atoms with Crippen LogP contribution >= 0.6 is 0 Å². The van der Waals surface area contributed by atoms with Crippen LogP contribution in [0.4, 0.5) is 0 Å². The van der Waals surface area contributed by atoms with E-state index >= 15 is 0 Å². The summed E-state index contributed by atoms with van der Waals surface area (Å²) in [6.07, 6.45) is 8.53. The van der Waals surface area contributed by atoms with Crippen molar-refractivity contribution < 1.29 is 4.79 Å². The van der Waals surface area contributed by atoms with E-state index in [0.717, 1.165) is 24.3 Å². The minimum Gasteiger partial charge on any atom is -0.356 e. The van der Waals surface area contributed by atoms with Gasteiger partial charge < -0.3 is 11.1 Å². The molecule has 0 aromatic heterocycles. The van der Waals surface area contributed by atoms with Gasteiger partial charge in [-0.2, -0.15) is 0 Å². The molecule has 0 heterocycles. The van der Waals surface area contributed by atoms with Gasteiger partial charge in [0.25, 0.3) is 0 Å². The second-order valence-electron chi connectivity index (χ2n) is 6.35. The number of carbonyl (C=O) groups is 1. The van der Waals surface area contributed by atoms with Gasteiger partial charge in [0.2, 0.25) is 5.91 Å². The summed E-state index contributed by atoms with van der Waals surface area (Å²) in [4.78, 5) is 11.8. The zero-order valence-electron chi connectivity index (χ0n) is 10.5. The van der Waals surface area contributed by atoms with Crippen LogP contribution < -0.4 is 11.1 Å². The average molecular weight is 236 g/mol. The highest BCUT2D eigenvalue weighted by molar-refractivity contribution is 5.76. The third kappa shape index (κ3) is 3.21. The van der Waals surface area contributed by atoms with Crippen molar-refractivity contribution in [3.05, 3.63) is 0 Å². The molecule has 17 heavy (non-hydrogen) atoms. The Kier molecular flexibility index (Phi) is 3.12. The summed E-state index contributed by atoms with van der Waals surface area (Å²) in [5, 5.41) is 3.12. The maximum atomic E-state index is 11.8. The van der Waals surface area contributed by atoms with Gasteiger partial charge in [-0.05, 0) is 62.2 Å². The fraction of sp³-hybridized carbons (Fsp3) is 0.929. The lowest BCUT2D eigenvalue weighted by Crippen LogP contribution is -2.36. The van der Waals surface area contributed by atoms with Crippen LogP contribution in [0.15, 0.2) is 0 Å². The number of hydrogen-bond donors (Lipinski definition) is 2. The third-order valence-corrected chi connectivity index (χ3v) is 4.64. The van der Waals surface area contributed by atoms with Gasteiger partial charge >= 0.3 is 0 Å². The van der Waals surface area contributed by atoms with Crippen LogP contribution in [0.1, 0.15) is 44.9 Å². The highest BCUT2D eigenvalue weighted by Crippen LogP contribution is 2.48. The van der Waals surface area contributed by atoms with Crippen molar-refractivity contribution in [2.24, 2.45) is 29.4 Å². The summed E-state index contributed by atoms with van der Waals surface area (Å²) in [7, 11) is 0. The second kappa shape index (κ2) is 4.60. The molecule has 96 valence electrons. The summed E-state index contributed by atoms with van der Waals surface area (Å²) in [5.41, 5.74) is 5.97. The highest BCUT2D eigenvalue weighted by atomic mass is 16.1. The van der Waals surface area contributed by atoms with Gasteiger partial charge in [-0.1, -0.05) is 0 Å². The first-order chi connectivity index (χ1) is 8.24. The van der Waals surface area contributed by atoms with Crippen LogP contribution in [0.25, 0.3) is 0 Å². The molecule has 0 saturated heterocycles. The number of carbonyl (C=O) groups excluding carboxylic acids is 1. The van der Waals surface area contributed by atoms with E-state index in [4.69, 9.17) is 5.73 Å². The van der Waals surface area contributed by atoms with Crippen LogP contribution in [-0.2, 0) is 4.79 Å². The lowest BCUT2D eigenvalue weighted by Gasteiger charge is -2.17. The zero-order valence-corrected chi connectivity index (χ0v) is 10.5. The molecule has 3 nitrogen and oxygen atoms in total. The minimum absolute atomic E-state index is 0.107. The number of nitrogens with two attached hydrogens (primary N) is 1. The fourth-order valence-corrected chi connectivity index (χ4v) is 2.98. The molecular formula is C14H24N2O. The molecular weight excluding hydrogens is 212 g/mol. The Morgan fingerprint density at radius 2 is 1.59 bits per heavy atom. The van der Waals surface area contributed by atoms with E-state index in [0.29, 0.717) is 12.3 Å². The molecule has 3 aliphatic carbocycles. The van der Waals surface area contributed by atoms with Crippen LogP contribution in [0.2, 0.25) is 0 Å². The van der Waals surface area contributed by atoms with E-state index in [1.54, 1.807) is 0 Å². The molecule has 3 N–H and O–H groups in total. The normalized spacial score (nSPS) is 26.0. The monoisotopic (exact) mass is 236 g/mol. The summed E-state index contributed by atoms with van der Waals surface area (Å²) in [6.45, 7) is 0.908. The van der Waals surface area contributed by atoms with Gasteiger partial charge in [-0.25, -0.2) is 0 Å². The van der Waals surface area contributed by atoms with Gasteiger partial charge in [0, 0.05) is 19.0 Å². The average Bonchev–Trinajstić information content (AvgIpc) is 3.14. The van der Waals surface area contributed by atoms with Gasteiger partial charge in [-0.3, -0.25) is 4.79 Å². The molecule has 1 atom stereocenters. The summed E-state index contributed by atoms with van der Waals surface area (Å²) in [5.74, 6) is 3.41. The number of rotatable bonds is 7. The molecule has 3 heteroatoms. The smallest absolute Gasteiger partial charge is 0.221 e. The first-order valence-electron chi connectivity index (χ1n) is 7.26. The van der Waals surface area contributed by atoms with Crippen molar-refractivity contribution in [2.45, 2.75) is 51.0 Å². The molecule has 0 aromatic carbocycles.